The first-order chi connectivity index (χ1) is 16.0. The first kappa shape index (κ1) is 21.2. The van der Waals surface area contributed by atoms with Crippen molar-refractivity contribution in [1.82, 2.24) is 24.9 Å². The first-order valence-electron chi connectivity index (χ1n) is 10.4. The molecule has 0 unspecified atom stereocenters. The molecule has 170 valence electrons. The number of aliphatic hydroxyl groups excluding tert-OH is 2. The van der Waals surface area contributed by atoms with Gasteiger partial charge >= 0.3 is 0 Å². The van der Waals surface area contributed by atoms with Gasteiger partial charge in [-0.1, -0.05) is 23.4 Å². The molecule has 4 heterocycles. The Balaban J connectivity index is 1.55. The van der Waals surface area contributed by atoms with Crippen LogP contribution in [0.4, 0.5) is 14.6 Å². The second-order valence-electron chi connectivity index (χ2n) is 7.71. The molecule has 1 saturated heterocycles. The summed E-state index contributed by atoms with van der Waals surface area (Å²) in [5.74, 6) is -0.929. The maximum absolute atomic E-state index is 14.6. The van der Waals surface area contributed by atoms with E-state index in [4.69, 9.17) is 4.52 Å². The van der Waals surface area contributed by atoms with Crippen LogP contribution in [0.25, 0.3) is 22.9 Å². The minimum Gasteiger partial charge on any atom is -0.394 e. The van der Waals surface area contributed by atoms with Gasteiger partial charge in [0.25, 0.3) is 0 Å². The minimum atomic E-state index is -0.786. The number of hydrogen-bond donors (Lipinski definition) is 2. The summed E-state index contributed by atoms with van der Waals surface area (Å²) >= 11 is 0. The molecule has 4 aromatic rings. The van der Waals surface area contributed by atoms with E-state index in [1.807, 2.05) is 0 Å². The predicted molar refractivity (Wildman–Crippen MR) is 113 cm³/mol. The molecule has 2 N–H and O–H groups in total. The average Bonchev–Trinajstić information content (AvgIpc) is 3.55. The fourth-order valence-electron chi connectivity index (χ4n) is 3.99. The van der Waals surface area contributed by atoms with E-state index in [2.05, 4.69) is 20.2 Å². The molecule has 2 atom stereocenters. The lowest BCUT2D eigenvalue weighted by molar-refractivity contribution is 0.127. The fraction of sp³-hybridized carbons (Fsp3) is 0.273. The number of benzene rings is 1. The van der Waals surface area contributed by atoms with E-state index in [-0.39, 0.29) is 30.6 Å². The number of aromatic nitrogens is 5. The highest BCUT2D eigenvalue weighted by molar-refractivity contribution is 5.63. The molecular weight excluding hydrogens is 434 g/mol. The summed E-state index contributed by atoms with van der Waals surface area (Å²) in [7, 11) is 0. The number of nitrogens with zero attached hydrogens (tertiary/aromatic N) is 6. The molecule has 1 aliphatic heterocycles. The lowest BCUT2D eigenvalue weighted by Crippen LogP contribution is -2.39. The Morgan fingerprint density at radius 3 is 2.73 bits per heavy atom. The van der Waals surface area contributed by atoms with Gasteiger partial charge < -0.3 is 19.6 Å². The Morgan fingerprint density at radius 2 is 1.97 bits per heavy atom. The van der Waals surface area contributed by atoms with Gasteiger partial charge in [-0.05, 0) is 18.6 Å². The van der Waals surface area contributed by atoms with Crippen LogP contribution in [0.2, 0.25) is 0 Å². The molecule has 5 rings (SSSR count). The summed E-state index contributed by atoms with van der Waals surface area (Å²) in [6, 6.07) is 9.01. The van der Waals surface area contributed by atoms with Gasteiger partial charge in [-0.15, -0.1) is 0 Å². The quantitative estimate of drug-likeness (QED) is 0.456. The van der Waals surface area contributed by atoms with E-state index in [0.29, 0.717) is 35.6 Å². The smallest absolute Gasteiger partial charge is 0.183 e. The molecule has 0 radical (unpaired) electrons. The molecule has 0 aliphatic carbocycles. The Hall–Kier alpha value is -3.70. The van der Waals surface area contributed by atoms with Crippen LogP contribution in [0.15, 0.2) is 53.4 Å². The molecule has 0 amide bonds. The van der Waals surface area contributed by atoms with Crippen LogP contribution in [-0.2, 0) is 6.54 Å². The van der Waals surface area contributed by atoms with Gasteiger partial charge in [0.2, 0.25) is 0 Å². The van der Waals surface area contributed by atoms with Gasteiger partial charge in [-0.3, -0.25) is 4.68 Å². The van der Waals surface area contributed by atoms with E-state index >= 15 is 0 Å². The molecule has 9 nitrogen and oxygen atoms in total. The summed E-state index contributed by atoms with van der Waals surface area (Å²) in [4.78, 5) is 9.95. The molecule has 0 bridgehead atoms. The minimum absolute atomic E-state index is 0.0257. The molecule has 1 aliphatic rings. The Morgan fingerprint density at radius 1 is 1.12 bits per heavy atom. The summed E-state index contributed by atoms with van der Waals surface area (Å²) in [6.07, 6.45) is 2.04. The number of halogens is 2. The zero-order valence-electron chi connectivity index (χ0n) is 17.3. The third kappa shape index (κ3) is 3.96. The third-order valence-electron chi connectivity index (χ3n) is 5.68. The summed E-state index contributed by atoms with van der Waals surface area (Å²) in [6.45, 7) is 0.118. The van der Waals surface area contributed by atoms with E-state index in [1.54, 1.807) is 35.0 Å². The van der Waals surface area contributed by atoms with E-state index < -0.39 is 18.0 Å². The van der Waals surface area contributed by atoms with Crippen LogP contribution in [-0.4, -0.2) is 60.4 Å². The van der Waals surface area contributed by atoms with Crippen molar-refractivity contribution in [2.75, 3.05) is 18.1 Å². The number of aliphatic hydroxyl groups is 2. The summed E-state index contributed by atoms with van der Waals surface area (Å²) < 4.78 is 35.4. The van der Waals surface area contributed by atoms with Crippen LogP contribution < -0.4 is 4.90 Å². The lowest BCUT2D eigenvalue weighted by Gasteiger charge is -2.25. The molecule has 3 aromatic heterocycles. The van der Waals surface area contributed by atoms with Gasteiger partial charge in [0.15, 0.2) is 17.5 Å². The summed E-state index contributed by atoms with van der Waals surface area (Å²) in [5, 5.41) is 28.2. The Bertz CT molecular complexity index is 1260. The van der Waals surface area contributed by atoms with Crippen LogP contribution in [0.5, 0.6) is 0 Å². The first-order valence-corrected chi connectivity index (χ1v) is 10.4. The Kier molecular flexibility index (Phi) is 5.56. The van der Waals surface area contributed by atoms with Gasteiger partial charge in [-0.25, -0.2) is 18.7 Å². The highest BCUT2D eigenvalue weighted by Gasteiger charge is 2.35. The van der Waals surface area contributed by atoms with E-state index in [9.17, 15) is 19.0 Å². The number of anilines is 1. The van der Waals surface area contributed by atoms with Crippen LogP contribution in [0.1, 0.15) is 12.0 Å². The zero-order chi connectivity index (χ0) is 22.9. The zero-order valence-corrected chi connectivity index (χ0v) is 17.3. The maximum atomic E-state index is 14.6. The molecule has 0 spiro atoms. The van der Waals surface area contributed by atoms with Crippen molar-refractivity contribution in [3.63, 3.8) is 0 Å². The molecule has 1 aromatic carbocycles. The number of rotatable bonds is 6. The van der Waals surface area contributed by atoms with Crippen molar-refractivity contribution in [2.24, 2.45) is 0 Å². The molecule has 33 heavy (non-hydrogen) atoms. The maximum Gasteiger partial charge on any atom is 0.183 e. The van der Waals surface area contributed by atoms with Crippen molar-refractivity contribution in [1.29, 1.82) is 0 Å². The topological polar surface area (TPSA) is 113 Å². The summed E-state index contributed by atoms with van der Waals surface area (Å²) in [5.41, 5.74) is 1.78. The SMILES string of the molecule is OC[C@@H]1[C@H](O)CCN1c1nc(-c2cc(-c3ccon3)n(Cc3ccccc3F)n2)ncc1F. The fourth-order valence-corrected chi connectivity index (χ4v) is 3.99. The van der Waals surface area contributed by atoms with E-state index in [0.717, 1.165) is 6.20 Å². The van der Waals surface area contributed by atoms with Gasteiger partial charge in [0.05, 0.1) is 37.2 Å². The highest BCUT2D eigenvalue weighted by atomic mass is 19.1. The van der Waals surface area contributed by atoms with Crippen molar-refractivity contribution in [3.8, 4) is 22.9 Å². The van der Waals surface area contributed by atoms with E-state index in [1.165, 1.54) is 17.2 Å². The molecule has 0 saturated carbocycles. The second kappa shape index (κ2) is 8.68. The monoisotopic (exact) mass is 454 g/mol. The van der Waals surface area contributed by atoms with Crippen molar-refractivity contribution >= 4 is 5.82 Å². The normalized spacial score (nSPS) is 18.2. The highest BCUT2D eigenvalue weighted by Crippen LogP contribution is 2.30. The third-order valence-corrected chi connectivity index (χ3v) is 5.68. The largest absolute Gasteiger partial charge is 0.394 e. The van der Waals surface area contributed by atoms with Gasteiger partial charge in [0.1, 0.15) is 23.5 Å². The lowest BCUT2D eigenvalue weighted by atomic mass is 10.2. The van der Waals surface area contributed by atoms with Crippen LogP contribution in [0.3, 0.4) is 0 Å². The molecule has 11 heteroatoms. The average molecular weight is 454 g/mol. The number of hydrogen-bond acceptors (Lipinski definition) is 8. The Labute approximate surface area is 186 Å². The van der Waals surface area contributed by atoms with Crippen molar-refractivity contribution in [3.05, 3.63) is 66.1 Å². The molecular formula is C22H20F2N6O3. The standard InChI is InChI=1S/C22H20F2N6O3/c23-14-4-2-1-3-13(14)11-30-18(16-6-8-33-28-16)9-17(27-30)21-25-10-15(24)22(26-21)29-7-5-20(32)19(29)12-31/h1-4,6,8-10,19-20,31-32H,5,7,11-12H2/t19-,20-/m1/s1. The van der Waals surface area contributed by atoms with Gasteiger partial charge in [-0.2, -0.15) is 5.10 Å². The second-order valence-corrected chi connectivity index (χ2v) is 7.71. The van der Waals surface area contributed by atoms with Crippen molar-refractivity contribution in [2.45, 2.75) is 25.1 Å². The van der Waals surface area contributed by atoms with Crippen LogP contribution >= 0.6 is 0 Å². The molecule has 1 fully saturated rings. The van der Waals surface area contributed by atoms with Gasteiger partial charge in [0, 0.05) is 18.2 Å². The van der Waals surface area contributed by atoms with Crippen LogP contribution in [0, 0.1) is 11.6 Å². The van der Waals surface area contributed by atoms with Crippen molar-refractivity contribution < 1.29 is 23.5 Å². The predicted octanol–water partition coefficient (Wildman–Crippen LogP) is 2.25.